The number of rotatable bonds is 4. The van der Waals surface area contributed by atoms with E-state index in [1.807, 2.05) is 0 Å². The summed E-state index contributed by atoms with van der Waals surface area (Å²) in [5.74, 6) is -2.68. The molecule has 2 aromatic rings. The lowest BCUT2D eigenvalue weighted by atomic mass is 10.2. The minimum Gasteiger partial charge on any atom is -0.475 e. The third-order valence-corrected chi connectivity index (χ3v) is 2.23. The number of hydrogen-bond donors (Lipinski definition) is 3. The number of aromatic carboxylic acids is 1. The van der Waals surface area contributed by atoms with E-state index in [0.717, 1.165) is 6.07 Å². The zero-order valence-electron chi connectivity index (χ0n) is 9.73. The molecule has 0 unspecified atom stereocenters. The third kappa shape index (κ3) is 2.75. The molecular formula is C10H7N5O5. The summed E-state index contributed by atoms with van der Waals surface area (Å²) < 4.78 is 0. The van der Waals surface area contributed by atoms with Gasteiger partial charge in [0.15, 0.2) is 0 Å². The van der Waals surface area contributed by atoms with Crippen molar-refractivity contribution in [1.82, 2.24) is 15.2 Å². The van der Waals surface area contributed by atoms with Crippen molar-refractivity contribution in [3.8, 4) is 0 Å². The van der Waals surface area contributed by atoms with Gasteiger partial charge in [0.05, 0.1) is 4.92 Å². The highest BCUT2D eigenvalue weighted by Gasteiger charge is 2.15. The zero-order chi connectivity index (χ0) is 14.7. The molecule has 1 aromatic carbocycles. The molecule has 0 aliphatic carbocycles. The van der Waals surface area contributed by atoms with E-state index in [1.165, 1.54) is 18.2 Å². The Bertz CT molecular complexity index is 695. The lowest BCUT2D eigenvalue weighted by molar-refractivity contribution is -0.384. The molecule has 10 heteroatoms. The fraction of sp³-hybridized carbons (Fsp3) is 0. The first-order valence-corrected chi connectivity index (χ1v) is 5.19. The van der Waals surface area contributed by atoms with Gasteiger partial charge in [-0.15, -0.1) is 5.10 Å². The van der Waals surface area contributed by atoms with Crippen LogP contribution in [0.25, 0.3) is 0 Å². The van der Waals surface area contributed by atoms with Crippen LogP contribution in [0.2, 0.25) is 0 Å². The van der Waals surface area contributed by atoms with E-state index in [9.17, 15) is 19.7 Å². The number of amides is 1. The Morgan fingerprint density at radius 2 is 2.15 bits per heavy atom. The topological polar surface area (TPSA) is 151 Å². The molecule has 0 aliphatic heterocycles. The molecule has 1 amide bonds. The van der Waals surface area contributed by atoms with Crippen LogP contribution in [0, 0.1) is 10.1 Å². The molecule has 3 N–H and O–H groups in total. The van der Waals surface area contributed by atoms with Gasteiger partial charge in [0, 0.05) is 17.7 Å². The zero-order valence-corrected chi connectivity index (χ0v) is 9.73. The Morgan fingerprint density at radius 1 is 1.40 bits per heavy atom. The maximum Gasteiger partial charge on any atom is 0.373 e. The predicted molar refractivity (Wildman–Crippen MR) is 64.4 cm³/mol. The molecule has 1 heterocycles. The fourth-order valence-corrected chi connectivity index (χ4v) is 1.35. The molecule has 0 aliphatic rings. The normalized spacial score (nSPS) is 10.0. The Hall–Kier alpha value is -3.30. The Morgan fingerprint density at radius 3 is 2.75 bits per heavy atom. The van der Waals surface area contributed by atoms with Crippen LogP contribution in [0.1, 0.15) is 21.0 Å². The van der Waals surface area contributed by atoms with Crippen molar-refractivity contribution in [2.75, 3.05) is 5.32 Å². The van der Waals surface area contributed by atoms with E-state index in [0.29, 0.717) is 0 Å². The average Bonchev–Trinajstić information content (AvgIpc) is 2.87. The van der Waals surface area contributed by atoms with Crippen molar-refractivity contribution in [3.63, 3.8) is 0 Å². The molecule has 2 rings (SSSR count). The molecule has 0 fully saturated rings. The average molecular weight is 277 g/mol. The molecule has 0 radical (unpaired) electrons. The first-order valence-electron chi connectivity index (χ1n) is 5.19. The van der Waals surface area contributed by atoms with E-state index in [1.54, 1.807) is 0 Å². The number of H-pyrrole nitrogens is 1. The maximum absolute atomic E-state index is 11.8. The van der Waals surface area contributed by atoms with Crippen molar-refractivity contribution < 1.29 is 19.6 Å². The smallest absolute Gasteiger partial charge is 0.373 e. The number of carboxylic acids is 1. The number of nitrogens with zero attached hydrogens (tertiary/aromatic N) is 3. The predicted octanol–water partition coefficient (Wildman–Crippen LogP) is 0.663. The first-order chi connectivity index (χ1) is 9.47. The van der Waals surface area contributed by atoms with Gasteiger partial charge in [-0.2, -0.15) is 4.98 Å². The highest BCUT2D eigenvalue weighted by atomic mass is 16.6. The molecular weight excluding hydrogens is 270 g/mol. The quantitative estimate of drug-likeness (QED) is 0.548. The van der Waals surface area contributed by atoms with Crippen LogP contribution in [-0.4, -0.2) is 37.1 Å². The molecule has 0 bridgehead atoms. The number of nitro groups is 1. The van der Waals surface area contributed by atoms with Gasteiger partial charge in [0.25, 0.3) is 11.6 Å². The molecule has 1 aromatic heterocycles. The number of hydrogen-bond acceptors (Lipinski definition) is 6. The monoisotopic (exact) mass is 277 g/mol. The molecule has 102 valence electrons. The number of non-ortho nitro benzene ring substituents is 1. The fourth-order valence-electron chi connectivity index (χ4n) is 1.35. The number of carboxylic acid groups (broad SMARTS) is 1. The van der Waals surface area contributed by atoms with Gasteiger partial charge < -0.3 is 5.11 Å². The summed E-state index contributed by atoms with van der Waals surface area (Å²) >= 11 is 0. The number of benzene rings is 1. The second kappa shape index (κ2) is 5.14. The van der Waals surface area contributed by atoms with Gasteiger partial charge in [-0.3, -0.25) is 25.3 Å². The van der Waals surface area contributed by atoms with Crippen LogP contribution >= 0.6 is 0 Å². The highest BCUT2D eigenvalue weighted by Crippen LogP contribution is 2.14. The second-order valence-corrected chi connectivity index (χ2v) is 3.57. The molecule has 0 spiro atoms. The van der Waals surface area contributed by atoms with Crippen molar-refractivity contribution in [2.45, 2.75) is 0 Å². The summed E-state index contributed by atoms with van der Waals surface area (Å²) in [6, 6.07) is 5.05. The summed E-state index contributed by atoms with van der Waals surface area (Å²) in [4.78, 5) is 35.8. The van der Waals surface area contributed by atoms with Crippen LogP contribution in [0.4, 0.5) is 11.6 Å². The molecule has 0 atom stereocenters. The third-order valence-electron chi connectivity index (χ3n) is 2.23. The van der Waals surface area contributed by atoms with E-state index >= 15 is 0 Å². The summed E-state index contributed by atoms with van der Waals surface area (Å²) in [5.41, 5.74) is -0.209. The molecule has 10 nitrogen and oxygen atoms in total. The van der Waals surface area contributed by atoms with Gasteiger partial charge in [-0.25, -0.2) is 4.79 Å². The van der Waals surface area contributed by atoms with Crippen LogP contribution < -0.4 is 5.32 Å². The Kier molecular flexibility index (Phi) is 3.37. The largest absolute Gasteiger partial charge is 0.475 e. The Labute approximate surface area is 110 Å². The number of aromatic amines is 1. The number of aromatic nitrogens is 3. The van der Waals surface area contributed by atoms with Crippen LogP contribution in [0.3, 0.4) is 0 Å². The molecule has 20 heavy (non-hydrogen) atoms. The lowest BCUT2D eigenvalue weighted by Gasteiger charge is -2.00. The van der Waals surface area contributed by atoms with Gasteiger partial charge in [-0.1, -0.05) is 6.07 Å². The van der Waals surface area contributed by atoms with Crippen molar-refractivity contribution >= 4 is 23.5 Å². The second-order valence-electron chi connectivity index (χ2n) is 3.57. The molecule has 0 saturated carbocycles. The van der Waals surface area contributed by atoms with Crippen LogP contribution in [-0.2, 0) is 0 Å². The van der Waals surface area contributed by atoms with Crippen molar-refractivity contribution in [3.05, 3.63) is 45.8 Å². The van der Waals surface area contributed by atoms with Crippen LogP contribution in [0.15, 0.2) is 24.3 Å². The summed E-state index contributed by atoms with van der Waals surface area (Å²) in [6.45, 7) is 0. The van der Waals surface area contributed by atoms with Gasteiger partial charge >= 0.3 is 5.97 Å². The minimum absolute atomic E-state index is 0.0286. The van der Waals surface area contributed by atoms with Crippen molar-refractivity contribution in [2.24, 2.45) is 0 Å². The van der Waals surface area contributed by atoms with Crippen molar-refractivity contribution in [1.29, 1.82) is 0 Å². The van der Waals surface area contributed by atoms with E-state index in [-0.39, 0.29) is 17.2 Å². The van der Waals surface area contributed by atoms with Gasteiger partial charge in [-0.05, 0) is 6.07 Å². The van der Waals surface area contributed by atoms with Gasteiger partial charge in [0.2, 0.25) is 11.8 Å². The summed E-state index contributed by atoms with van der Waals surface area (Å²) in [6.07, 6.45) is 0. The summed E-state index contributed by atoms with van der Waals surface area (Å²) in [7, 11) is 0. The van der Waals surface area contributed by atoms with Gasteiger partial charge in [0.1, 0.15) is 0 Å². The number of carbonyl (C=O) groups is 2. The number of nitrogens with one attached hydrogen (secondary N) is 2. The Balaban J connectivity index is 2.17. The van der Waals surface area contributed by atoms with E-state index in [2.05, 4.69) is 20.5 Å². The summed E-state index contributed by atoms with van der Waals surface area (Å²) in [5, 5.41) is 27.0. The maximum atomic E-state index is 11.8. The lowest BCUT2D eigenvalue weighted by Crippen LogP contribution is -2.13. The minimum atomic E-state index is -1.33. The number of nitro benzene ring substituents is 1. The van der Waals surface area contributed by atoms with E-state index < -0.39 is 22.6 Å². The van der Waals surface area contributed by atoms with Crippen LogP contribution in [0.5, 0.6) is 0 Å². The SMILES string of the molecule is O=C(Nc1n[nH]c(C(=O)O)n1)c1cccc([N+](=O)[O-])c1. The highest BCUT2D eigenvalue weighted by molar-refractivity contribution is 6.03. The first kappa shape index (κ1) is 13.1. The number of carbonyl (C=O) groups excluding carboxylic acids is 1. The number of anilines is 1. The van der Waals surface area contributed by atoms with E-state index in [4.69, 9.17) is 5.11 Å². The standard InChI is InChI=1S/C10H7N5O5/c16-8(5-2-1-3-6(4-5)15(19)20)12-10-11-7(9(17)18)13-14-10/h1-4H,(H,17,18)(H2,11,12,13,14,16). The molecule has 0 saturated heterocycles.